The molecule has 0 aliphatic rings. The molecule has 1 N–H and O–H groups in total. The van der Waals surface area contributed by atoms with Gasteiger partial charge < -0.3 is 4.74 Å². The lowest BCUT2D eigenvalue weighted by molar-refractivity contribution is 0.215. The normalized spacial score (nSPS) is 9.89. The molecule has 2 aromatic carbocycles. The lowest BCUT2D eigenvalue weighted by atomic mass is 10.3. The van der Waals surface area contributed by atoms with Crippen molar-refractivity contribution in [2.45, 2.75) is 0 Å². The highest BCUT2D eigenvalue weighted by molar-refractivity contribution is 9.10. The average molecular weight is 327 g/mol. The Balaban J connectivity index is 2.05. The molecule has 0 atom stereocenters. The van der Waals surface area contributed by atoms with Crippen LogP contribution in [0.3, 0.4) is 0 Å². The standard InChI is InChI=1S/C13H9BrClNO2/c14-11-7-6-9(15)8-12(11)16-13(17)18-10-4-2-1-3-5-10/h1-8H,(H,16,17). The molecule has 0 unspecified atom stereocenters. The minimum Gasteiger partial charge on any atom is -0.410 e. The maximum atomic E-state index is 11.6. The van der Waals surface area contributed by atoms with Gasteiger partial charge in [0.25, 0.3) is 0 Å². The van der Waals surface area contributed by atoms with Crippen molar-refractivity contribution in [2.24, 2.45) is 0 Å². The Morgan fingerprint density at radius 3 is 2.61 bits per heavy atom. The first-order valence-electron chi connectivity index (χ1n) is 5.14. The van der Waals surface area contributed by atoms with Gasteiger partial charge in [-0.1, -0.05) is 29.8 Å². The van der Waals surface area contributed by atoms with Crippen molar-refractivity contribution >= 4 is 39.3 Å². The molecule has 0 spiro atoms. The number of anilines is 1. The van der Waals surface area contributed by atoms with E-state index in [1.807, 2.05) is 6.07 Å². The third kappa shape index (κ3) is 3.48. The van der Waals surface area contributed by atoms with Gasteiger partial charge in [-0.2, -0.15) is 0 Å². The quantitative estimate of drug-likeness (QED) is 0.867. The number of para-hydroxylation sites is 1. The van der Waals surface area contributed by atoms with Crippen molar-refractivity contribution in [3.63, 3.8) is 0 Å². The van der Waals surface area contributed by atoms with Crippen LogP contribution >= 0.6 is 27.5 Å². The molecule has 92 valence electrons. The first-order valence-corrected chi connectivity index (χ1v) is 6.31. The van der Waals surface area contributed by atoms with Gasteiger partial charge in [0.15, 0.2) is 0 Å². The summed E-state index contributed by atoms with van der Waals surface area (Å²) in [4.78, 5) is 11.6. The second-order valence-electron chi connectivity index (χ2n) is 3.45. The van der Waals surface area contributed by atoms with Crippen LogP contribution in [0.5, 0.6) is 5.75 Å². The maximum Gasteiger partial charge on any atom is 0.417 e. The topological polar surface area (TPSA) is 38.3 Å². The van der Waals surface area contributed by atoms with Gasteiger partial charge >= 0.3 is 6.09 Å². The predicted octanol–water partition coefficient (Wildman–Crippen LogP) is 4.71. The summed E-state index contributed by atoms with van der Waals surface area (Å²) >= 11 is 9.16. The van der Waals surface area contributed by atoms with E-state index in [0.717, 1.165) is 4.47 Å². The molecule has 3 nitrogen and oxygen atoms in total. The summed E-state index contributed by atoms with van der Waals surface area (Å²) in [5, 5.41) is 3.14. The number of hydrogen-bond donors (Lipinski definition) is 1. The van der Waals surface area contributed by atoms with Crippen molar-refractivity contribution in [3.05, 3.63) is 58.0 Å². The van der Waals surface area contributed by atoms with Gasteiger partial charge in [0.05, 0.1) is 5.69 Å². The molecule has 0 radical (unpaired) electrons. The fraction of sp³-hybridized carbons (Fsp3) is 0. The number of carbonyl (C=O) groups is 1. The predicted molar refractivity (Wildman–Crippen MR) is 75.2 cm³/mol. The van der Waals surface area contributed by atoms with Crippen LogP contribution in [0.2, 0.25) is 5.02 Å². The van der Waals surface area contributed by atoms with E-state index in [2.05, 4.69) is 21.2 Å². The van der Waals surface area contributed by atoms with Crippen LogP contribution in [0.15, 0.2) is 53.0 Å². The molecule has 0 saturated heterocycles. The minimum atomic E-state index is -0.566. The van der Waals surface area contributed by atoms with Crippen molar-refractivity contribution < 1.29 is 9.53 Å². The van der Waals surface area contributed by atoms with Gasteiger partial charge in [-0.3, -0.25) is 5.32 Å². The fourth-order valence-corrected chi connectivity index (χ4v) is 1.84. The van der Waals surface area contributed by atoms with Gasteiger partial charge in [-0.15, -0.1) is 0 Å². The molecular weight excluding hydrogens is 318 g/mol. The molecule has 2 aromatic rings. The lowest BCUT2D eigenvalue weighted by Gasteiger charge is -2.08. The molecule has 0 bridgehead atoms. The van der Waals surface area contributed by atoms with Crippen LogP contribution in [0.1, 0.15) is 0 Å². The molecule has 2 rings (SSSR count). The minimum absolute atomic E-state index is 0.480. The van der Waals surface area contributed by atoms with Crippen molar-refractivity contribution in [1.29, 1.82) is 0 Å². The van der Waals surface area contributed by atoms with Crippen molar-refractivity contribution in [3.8, 4) is 5.75 Å². The van der Waals surface area contributed by atoms with E-state index in [9.17, 15) is 4.79 Å². The van der Waals surface area contributed by atoms with E-state index in [1.165, 1.54) is 0 Å². The summed E-state index contributed by atoms with van der Waals surface area (Å²) in [5.41, 5.74) is 0.559. The van der Waals surface area contributed by atoms with Gasteiger partial charge in [-0.05, 0) is 46.3 Å². The Morgan fingerprint density at radius 2 is 1.89 bits per heavy atom. The number of benzene rings is 2. The highest BCUT2D eigenvalue weighted by Crippen LogP contribution is 2.26. The third-order valence-corrected chi connectivity index (χ3v) is 3.05. The van der Waals surface area contributed by atoms with Crippen molar-refractivity contribution in [1.82, 2.24) is 0 Å². The maximum absolute atomic E-state index is 11.6. The van der Waals surface area contributed by atoms with E-state index < -0.39 is 6.09 Å². The van der Waals surface area contributed by atoms with Crippen LogP contribution < -0.4 is 10.1 Å². The van der Waals surface area contributed by atoms with Crippen LogP contribution in [-0.2, 0) is 0 Å². The van der Waals surface area contributed by atoms with E-state index >= 15 is 0 Å². The summed E-state index contributed by atoms with van der Waals surface area (Å²) in [6.45, 7) is 0. The summed E-state index contributed by atoms with van der Waals surface area (Å²) < 4.78 is 5.83. The van der Waals surface area contributed by atoms with Crippen molar-refractivity contribution in [2.75, 3.05) is 5.32 Å². The molecular formula is C13H9BrClNO2. The van der Waals surface area contributed by atoms with Crippen LogP contribution in [0.25, 0.3) is 0 Å². The molecule has 0 saturated carbocycles. The van der Waals surface area contributed by atoms with Gasteiger partial charge in [0, 0.05) is 9.50 Å². The first-order chi connectivity index (χ1) is 8.65. The van der Waals surface area contributed by atoms with Gasteiger partial charge in [-0.25, -0.2) is 4.79 Å². The van der Waals surface area contributed by atoms with E-state index in [1.54, 1.807) is 42.5 Å². The molecule has 0 aliphatic heterocycles. The van der Waals surface area contributed by atoms with Crippen LogP contribution in [-0.4, -0.2) is 6.09 Å². The lowest BCUT2D eigenvalue weighted by Crippen LogP contribution is -2.16. The smallest absolute Gasteiger partial charge is 0.410 e. The fourth-order valence-electron chi connectivity index (χ4n) is 1.32. The number of nitrogens with one attached hydrogen (secondary N) is 1. The van der Waals surface area contributed by atoms with Crippen LogP contribution in [0.4, 0.5) is 10.5 Å². The first kappa shape index (κ1) is 12.9. The molecule has 0 aromatic heterocycles. The molecule has 0 heterocycles. The Labute approximate surface area is 118 Å². The zero-order chi connectivity index (χ0) is 13.0. The third-order valence-electron chi connectivity index (χ3n) is 2.12. The SMILES string of the molecule is O=C(Nc1cc(Cl)ccc1Br)Oc1ccccc1. The Morgan fingerprint density at radius 1 is 1.17 bits per heavy atom. The number of hydrogen-bond acceptors (Lipinski definition) is 2. The summed E-state index contributed by atoms with van der Waals surface area (Å²) in [7, 11) is 0. The summed E-state index contributed by atoms with van der Waals surface area (Å²) in [6, 6.07) is 13.9. The van der Waals surface area contributed by atoms with Gasteiger partial charge in [0.2, 0.25) is 0 Å². The van der Waals surface area contributed by atoms with E-state index in [4.69, 9.17) is 16.3 Å². The number of halogens is 2. The number of ether oxygens (including phenoxy) is 1. The van der Waals surface area contributed by atoms with E-state index in [0.29, 0.717) is 16.5 Å². The number of rotatable bonds is 2. The Bertz CT molecular complexity index is 560. The zero-order valence-corrected chi connectivity index (χ0v) is 11.5. The molecule has 5 heteroatoms. The highest BCUT2D eigenvalue weighted by atomic mass is 79.9. The second-order valence-corrected chi connectivity index (χ2v) is 4.74. The number of amides is 1. The Kier molecular flexibility index (Phi) is 4.23. The zero-order valence-electron chi connectivity index (χ0n) is 9.19. The summed E-state index contributed by atoms with van der Waals surface area (Å²) in [5.74, 6) is 0.480. The summed E-state index contributed by atoms with van der Waals surface area (Å²) in [6.07, 6.45) is -0.566. The van der Waals surface area contributed by atoms with E-state index in [-0.39, 0.29) is 0 Å². The molecule has 18 heavy (non-hydrogen) atoms. The van der Waals surface area contributed by atoms with Gasteiger partial charge in [0.1, 0.15) is 5.75 Å². The number of carbonyl (C=O) groups excluding carboxylic acids is 1. The second kappa shape index (κ2) is 5.89. The van der Waals surface area contributed by atoms with Crippen LogP contribution in [0, 0.1) is 0 Å². The largest absolute Gasteiger partial charge is 0.417 e. The molecule has 0 aliphatic carbocycles. The average Bonchev–Trinajstić information content (AvgIpc) is 2.35. The molecule has 1 amide bonds. The highest BCUT2D eigenvalue weighted by Gasteiger charge is 2.07. The molecule has 0 fully saturated rings. The monoisotopic (exact) mass is 325 g/mol. The Hall–Kier alpha value is -1.52.